The lowest BCUT2D eigenvalue weighted by Crippen LogP contribution is -2.68. The van der Waals surface area contributed by atoms with E-state index in [9.17, 15) is 27.6 Å². The van der Waals surface area contributed by atoms with Gasteiger partial charge in [-0.25, -0.2) is 5.01 Å². The van der Waals surface area contributed by atoms with Crippen LogP contribution in [-0.2, 0) is 14.4 Å². The molecule has 2 rings (SSSR count). The van der Waals surface area contributed by atoms with E-state index in [0.717, 1.165) is 11.9 Å². The number of amides is 1. The Kier molecular flexibility index (Phi) is 7.97. The molecule has 0 radical (unpaired) electrons. The Hall–Kier alpha value is -2.99. The van der Waals surface area contributed by atoms with Crippen molar-refractivity contribution in [1.82, 2.24) is 15.3 Å². The fraction of sp³-hybridized carbons (Fsp3) is 0.500. The lowest BCUT2D eigenvalue weighted by atomic mass is 9.77. The topological polar surface area (TPSA) is 146 Å². The van der Waals surface area contributed by atoms with E-state index in [2.05, 4.69) is 5.32 Å². The predicted molar refractivity (Wildman–Crippen MR) is 110 cm³/mol. The van der Waals surface area contributed by atoms with E-state index in [0.29, 0.717) is 25.1 Å². The molecule has 0 saturated carbocycles. The molecule has 0 aromatic heterocycles. The summed E-state index contributed by atoms with van der Waals surface area (Å²) in [6.45, 7) is 1.22. The van der Waals surface area contributed by atoms with Crippen molar-refractivity contribution in [2.75, 3.05) is 19.6 Å². The predicted octanol–water partition coefficient (Wildman–Crippen LogP) is 0.714. The fourth-order valence-corrected chi connectivity index (χ4v) is 3.79. The molecule has 1 amide bonds. The van der Waals surface area contributed by atoms with Crippen molar-refractivity contribution in [2.45, 2.75) is 37.5 Å². The minimum absolute atomic E-state index is 0.184. The van der Waals surface area contributed by atoms with Crippen LogP contribution >= 0.6 is 0 Å². The zero-order valence-electron chi connectivity index (χ0n) is 17.6. The summed E-state index contributed by atoms with van der Waals surface area (Å²) in [6.07, 6.45) is -4.97. The van der Waals surface area contributed by atoms with Gasteiger partial charge in [0, 0.05) is 13.1 Å². The molecule has 0 aliphatic carbocycles. The Morgan fingerprint density at radius 2 is 1.88 bits per heavy atom. The van der Waals surface area contributed by atoms with Gasteiger partial charge in [0.25, 0.3) is 5.91 Å². The highest BCUT2D eigenvalue weighted by Crippen LogP contribution is 2.38. The van der Waals surface area contributed by atoms with Crippen LogP contribution in [0.5, 0.6) is 0 Å². The number of guanidine groups is 1. The van der Waals surface area contributed by atoms with E-state index in [1.165, 1.54) is 5.01 Å². The Morgan fingerprint density at radius 3 is 2.28 bits per heavy atom. The summed E-state index contributed by atoms with van der Waals surface area (Å²) in [7, 11) is 0. The number of benzene rings is 1. The van der Waals surface area contributed by atoms with Crippen LogP contribution in [0.4, 0.5) is 13.2 Å². The molecule has 1 aliphatic rings. The number of nitrogens with two attached hydrogens (primary N) is 2. The van der Waals surface area contributed by atoms with Crippen molar-refractivity contribution >= 4 is 23.9 Å². The highest BCUT2D eigenvalue weighted by molar-refractivity contribution is 5.93. The van der Waals surface area contributed by atoms with Gasteiger partial charge in [-0.3, -0.25) is 20.0 Å². The monoisotopic (exact) mass is 456 g/mol. The van der Waals surface area contributed by atoms with Crippen molar-refractivity contribution < 1.29 is 27.6 Å². The molecule has 0 spiro atoms. The van der Waals surface area contributed by atoms with E-state index in [1.807, 2.05) is 0 Å². The van der Waals surface area contributed by atoms with E-state index in [1.54, 1.807) is 30.3 Å². The third-order valence-corrected chi connectivity index (χ3v) is 5.53. The molecule has 176 valence electrons. The van der Waals surface area contributed by atoms with Crippen LogP contribution in [0.15, 0.2) is 30.3 Å². The maximum absolute atomic E-state index is 13.6. The van der Waals surface area contributed by atoms with Gasteiger partial charge >= 0.3 is 6.18 Å². The molecule has 1 aromatic carbocycles. The van der Waals surface area contributed by atoms with Crippen LogP contribution in [-0.4, -0.2) is 65.3 Å². The Labute approximate surface area is 183 Å². The second-order valence-electron chi connectivity index (χ2n) is 7.73. The zero-order valence-corrected chi connectivity index (χ0v) is 17.6. The van der Waals surface area contributed by atoms with Crippen molar-refractivity contribution in [3.63, 3.8) is 0 Å². The fourth-order valence-electron chi connectivity index (χ4n) is 3.79. The van der Waals surface area contributed by atoms with Crippen molar-refractivity contribution in [3.8, 4) is 0 Å². The van der Waals surface area contributed by atoms with Gasteiger partial charge in [0.2, 0.25) is 5.78 Å². The van der Waals surface area contributed by atoms with Gasteiger partial charge in [0.15, 0.2) is 5.96 Å². The largest absolute Gasteiger partial charge is 0.450 e. The van der Waals surface area contributed by atoms with Gasteiger partial charge in [-0.1, -0.05) is 30.3 Å². The summed E-state index contributed by atoms with van der Waals surface area (Å²) in [5, 5.41) is 12.4. The molecule has 32 heavy (non-hydrogen) atoms. The summed E-state index contributed by atoms with van der Waals surface area (Å²) in [4.78, 5) is 37.5. The summed E-state index contributed by atoms with van der Waals surface area (Å²) in [5.74, 6) is -5.46. The molecule has 0 bridgehead atoms. The van der Waals surface area contributed by atoms with E-state index >= 15 is 0 Å². The van der Waals surface area contributed by atoms with E-state index in [4.69, 9.17) is 16.9 Å². The number of nitrogens with zero attached hydrogens (tertiary/aromatic N) is 2. The number of nitrogens with one attached hydrogen (secondary N) is 2. The molecule has 12 heteroatoms. The van der Waals surface area contributed by atoms with Gasteiger partial charge in [0.05, 0.1) is 18.5 Å². The van der Waals surface area contributed by atoms with Crippen LogP contribution in [0.25, 0.3) is 0 Å². The lowest BCUT2D eigenvalue weighted by molar-refractivity contribution is -0.198. The average Bonchev–Trinajstić information content (AvgIpc) is 2.71. The highest BCUT2D eigenvalue weighted by Gasteiger charge is 2.56. The average molecular weight is 456 g/mol. The van der Waals surface area contributed by atoms with E-state index < -0.39 is 54.3 Å². The van der Waals surface area contributed by atoms with Gasteiger partial charge in [-0.05, 0) is 25.3 Å². The smallest absolute Gasteiger partial charge is 0.370 e. The molecule has 1 aliphatic heterocycles. The Morgan fingerprint density at radius 1 is 1.28 bits per heavy atom. The highest BCUT2D eigenvalue weighted by atomic mass is 19.4. The quantitative estimate of drug-likeness (QED) is 0.230. The molecule has 1 saturated heterocycles. The molecule has 6 N–H and O–H groups in total. The number of carbonyl (C=O) groups excluding carboxylic acids is 3. The van der Waals surface area contributed by atoms with Gasteiger partial charge in [0.1, 0.15) is 11.8 Å². The molecule has 3 atom stereocenters. The maximum atomic E-state index is 13.6. The Balaban J connectivity index is 2.58. The normalized spacial score (nSPS) is 17.9. The number of alkyl halides is 3. The maximum Gasteiger partial charge on any atom is 0.450 e. The number of halogens is 3. The summed E-state index contributed by atoms with van der Waals surface area (Å²) in [6, 6.07) is 7.13. The van der Waals surface area contributed by atoms with Crippen LogP contribution < -0.4 is 16.8 Å². The second-order valence-corrected chi connectivity index (χ2v) is 7.73. The minimum atomic E-state index is -5.27. The summed E-state index contributed by atoms with van der Waals surface area (Å²) < 4.78 is 40.9. The standard InChI is InChI=1S/C20H27F3N6O3/c1-19(12-30,29(16(31)11-24)28-8-5-9-28)14(17(32)20(21,22)23)10-15(27-18(25)26)13-6-3-2-4-7-13/h2-4,6-7,12,14-15H,5,8-11,24H2,1H3,(H4,25,26,27)/t14?,15?,19-/m1/s1. The first-order valence-corrected chi connectivity index (χ1v) is 9.96. The first-order valence-electron chi connectivity index (χ1n) is 9.96. The van der Waals surface area contributed by atoms with Gasteiger partial charge in [-0.2, -0.15) is 13.2 Å². The van der Waals surface area contributed by atoms with Gasteiger partial charge in [-0.15, -0.1) is 0 Å². The van der Waals surface area contributed by atoms with Crippen molar-refractivity contribution in [2.24, 2.45) is 17.4 Å². The zero-order chi connectivity index (χ0) is 24.1. The van der Waals surface area contributed by atoms with Crippen LogP contribution in [0.2, 0.25) is 0 Å². The van der Waals surface area contributed by atoms with Crippen LogP contribution in [0.1, 0.15) is 31.4 Å². The Bertz CT molecular complexity index is 847. The molecule has 1 heterocycles. The number of carbonyl (C=O) groups is 3. The number of hydrogen-bond acceptors (Lipinski definition) is 6. The number of aldehydes is 1. The van der Waals surface area contributed by atoms with E-state index in [-0.39, 0.29) is 6.29 Å². The number of Topliss-reactive ketones (excluding diaryl/α,β-unsaturated/α-hetero) is 1. The third kappa shape index (κ3) is 5.43. The summed E-state index contributed by atoms with van der Waals surface area (Å²) >= 11 is 0. The number of rotatable bonds is 10. The lowest BCUT2D eigenvalue weighted by Gasteiger charge is -2.51. The van der Waals surface area contributed by atoms with Crippen molar-refractivity contribution in [3.05, 3.63) is 35.9 Å². The molecular weight excluding hydrogens is 429 g/mol. The number of hydrazine groups is 1. The number of ketones is 1. The van der Waals surface area contributed by atoms with Gasteiger partial charge < -0.3 is 21.6 Å². The van der Waals surface area contributed by atoms with Crippen molar-refractivity contribution in [1.29, 1.82) is 5.41 Å². The molecule has 1 fully saturated rings. The SMILES string of the molecule is C[C@@](C=O)(C(CC(NC(=N)N)c1ccccc1)C(=O)C(F)(F)F)N(C(=O)CN)N1CCC1. The third-order valence-electron chi connectivity index (χ3n) is 5.53. The van der Waals surface area contributed by atoms with Crippen LogP contribution in [0.3, 0.4) is 0 Å². The summed E-state index contributed by atoms with van der Waals surface area (Å²) in [5.41, 5.74) is 9.17. The molecule has 2 unspecified atom stereocenters. The first-order chi connectivity index (χ1) is 15.0. The second kappa shape index (κ2) is 10.1. The molecular formula is C20H27F3N6O3. The first kappa shape index (κ1) is 25.3. The van der Waals surface area contributed by atoms with Crippen LogP contribution in [0, 0.1) is 11.3 Å². The molecule has 9 nitrogen and oxygen atoms in total. The molecule has 1 aromatic rings. The minimum Gasteiger partial charge on any atom is -0.370 e. The number of hydrogen-bond donors (Lipinski definition) is 4.